The number of nitrogens with zero attached hydrogens (tertiary/aromatic N) is 4. The second-order valence-electron chi connectivity index (χ2n) is 9.62. The van der Waals surface area contributed by atoms with Gasteiger partial charge >= 0.3 is 6.09 Å². The smallest absolute Gasteiger partial charge is 0.407 e. The summed E-state index contributed by atoms with van der Waals surface area (Å²) in [5.41, 5.74) is 3.34. The van der Waals surface area contributed by atoms with Gasteiger partial charge in [-0.25, -0.2) is 4.79 Å². The number of aromatic nitrogens is 2. The molecule has 3 aliphatic rings. The molecule has 2 aromatic carbocycles. The molecule has 3 aliphatic heterocycles. The molecule has 0 radical (unpaired) electrons. The summed E-state index contributed by atoms with van der Waals surface area (Å²) in [6, 6.07) is 8.97. The van der Waals surface area contributed by atoms with Crippen LogP contribution >= 0.6 is 0 Å². The molecule has 1 atom stereocenters. The number of anilines is 1. The SMILES string of the molecule is O=C1CC[C@H](N2C(=O)c3cccc4c(Cc5cnn(C6CCN(C(=O)O)CC6)c5)ccc2c34)C(=O)N1. The van der Waals surface area contributed by atoms with E-state index >= 15 is 0 Å². The van der Waals surface area contributed by atoms with Crippen molar-refractivity contribution in [2.24, 2.45) is 0 Å². The zero-order valence-corrected chi connectivity index (χ0v) is 19.5. The van der Waals surface area contributed by atoms with Gasteiger partial charge in [0.1, 0.15) is 6.04 Å². The van der Waals surface area contributed by atoms with Crippen LogP contribution in [0.3, 0.4) is 0 Å². The first kappa shape index (κ1) is 22.3. The quantitative estimate of drug-likeness (QED) is 0.545. The van der Waals surface area contributed by atoms with Gasteiger partial charge in [-0.15, -0.1) is 0 Å². The first-order valence-electron chi connectivity index (χ1n) is 12.1. The summed E-state index contributed by atoms with van der Waals surface area (Å²) < 4.78 is 1.93. The van der Waals surface area contributed by atoms with Gasteiger partial charge in [-0.1, -0.05) is 18.2 Å². The Kier molecular flexibility index (Phi) is 5.24. The predicted molar refractivity (Wildman–Crippen MR) is 130 cm³/mol. The van der Waals surface area contributed by atoms with E-state index in [1.54, 1.807) is 6.07 Å². The summed E-state index contributed by atoms with van der Waals surface area (Å²) in [6.07, 6.45) is 5.57. The molecule has 6 rings (SSSR count). The molecular weight excluding hydrogens is 462 g/mol. The second kappa shape index (κ2) is 8.47. The fourth-order valence-electron chi connectivity index (χ4n) is 5.67. The molecule has 10 heteroatoms. The minimum Gasteiger partial charge on any atom is -0.465 e. The van der Waals surface area contributed by atoms with Crippen molar-refractivity contribution in [1.82, 2.24) is 20.0 Å². The highest BCUT2D eigenvalue weighted by atomic mass is 16.4. The number of carbonyl (C=O) groups excluding carboxylic acids is 3. The molecule has 36 heavy (non-hydrogen) atoms. The number of imide groups is 1. The van der Waals surface area contributed by atoms with Crippen LogP contribution in [-0.4, -0.2) is 62.7 Å². The lowest BCUT2D eigenvalue weighted by atomic mass is 9.97. The first-order valence-corrected chi connectivity index (χ1v) is 12.1. The monoisotopic (exact) mass is 487 g/mol. The molecular formula is C26H25N5O5. The molecule has 1 aromatic heterocycles. The molecule has 2 saturated heterocycles. The fraction of sp³-hybridized carbons (Fsp3) is 0.346. The lowest BCUT2D eigenvalue weighted by Crippen LogP contribution is -2.53. The van der Waals surface area contributed by atoms with Gasteiger partial charge in [0.25, 0.3) is 5.91 Å². The number of benzene rings is 2. The van der Waals surface area contributed by atoms with E-state index in [-0.39, 0.29) is 24.3 Å². The number of nitrogens with one attached hydrogen (secondary N) is 1. The van der Waals surface area contributed by atoms with Crippen molar-refractivity contribution >= 4 is 40.3 Å². The minimum absolute atomic E-state index is 0.168. The van der Waals surface area contributed by atoms with Gasteiger partial charge in [-0.3, -0.25) is 29.3 Å². The van der Waals surface area contributed by atoms with Crippen LogP contribution in [0, 0.1) is 0 Å². The number of hydrogen-bond acceptors (Lipinski definition) is 5. The Morgan fingerprint density at radius 2 is 1.89 bits per heavy atom. The predicted octanol–water partition coefficient (Wildman–Crippen LogP) is 2.71. The standard InChI is InChI=1S/C26H25N5O5/c32-22-7-6-21(24(33)28-22)31-20-5-4-16(18-2-1-3-19(23(18)20)25(31)34)12-15-13-27-30(14-15)17-8-10-29(11-9-17)26(35)36/h1-5,13-14,17,21H,6-12H2,(H,35,36)(H,28,32,33)/t21-/m0/s1. The van der Waals surface area contributed by atoms with Gasteiger partial charge in [-0.2, -0.15) is 5.10 Å². The average molecular weight is 488 g/mol. The van der Waals surface area contributed by atoms with Gasteiger partial charge in [-0.05, 0) is 47.9 Å². The third-order valence-corrected chi connectivity index (χ3v) is 7.50. The Labute approximate surface area is 206 Å². The van der Waals surface area contributed by atoms with E-state index < -0.39 is 18.0 Å². The number of carboxylic acid groups (broad SMARTS) is 1. The minimum atomic E-state index is -0.878. The zero-order chi connectivity index (χ0) is 25.0. The van der Waals surface area contributed by atoms with Crippen molar-refractivity contribution in [1.29, 1.82) is 0 Å². The average Bonchev–Trinajstić information content (AvgIpc) is 3.45. The third kappa shape index (κ3) is 3.60. The van der Waals surface area contributed by atoms with Crippen LogP contribution in [0.4, 0.5) is 10.5 Å². The maximum absolute atomic E-state index is 13.3. The fourth-order valence-corrected chi connectivity index (χ4v) is 5.67. The van der Waals surface area contributed by atoms with E-state index in [0.717, 1.165) is 34.7 Å². The number of rotatable bonds is 4. The Hall–Kier alpha value is -4.21. The van der Waals surface area contributed by atoms with Crippen molar-refractivity contribution in [3.05, 3.63) is 59.4 Å². The molecule has 184 valence electrons. The summed E-state index contributed by atoms with van der Waals surface area (Å²) in [4.78, 5) is 51.6. The summed E-state index contributed by atoms with van der Waals surface area (Å²) in [6.45, 7) is 1.00. The van der Waals surface area contributed by atoms with E-state index in [9.17, 15) is 19.2 Å². The molecule has 10 nitrogen and oxygen atoms in total. The van der Waals surface area contributed by atoms with Gasteiger partial charge in [0.05, 0.1) is 17.9 Å². The molecule has 0 unspecified atom stereocenters. The maximum atomic E-state index is 13.3. The van der Waals surface area contributed by atoms with Gasteiger partial charge in [0, 0.05) is 43.1 Å². The Morgan fingerprint density at radius 1 is 1.08 bits per heavy atom. The summed E-state index contributed by atoms with van der Waals surface area (Å²) in [7, 11) is 0. The van der Waals surface area contributed by atoms with Crippen LogP contribution in [0.15, 0.2) is 42.7 Å². The molecule has 0 bridgehead atoms. The second-order valence-corrected chi connectivity index (χ2v) is 9.62. The normalized spacial score (nSPS) is 20.3. The third-order valence-electron chi connectivity index (χ3n) is 7.50. The highest BCUT2D eigenvalue weighted by Crippen LogP contribution is 2.41. The van der Waals surface area contributed by atoms with Gasteiger partial charge in [0.15, 0.2) is 0 Å². The Balaban J connectivity index is 1.27. The lowest BCUT2D eigenvalue weighted by molar-refractivity contribution is -0.134. The lowest BCUT2D eigenvalue weighted by Gasteiger charge is -2.30. The molecule has 2 fully saturated rings. The van der Waals surface area contributed by atoms with Crippen LogP contribution in [0.1, 0.15) is 53.2 Å². The highest BCUT2D eigenvalue weighted by molar-refractivity contribution is 6.27. The Bertz CT molecular complexity index is 1420. The molecule has 4 heterocycles. The molecule has 0 saturated carbocycles. The van der Waals surface area contributed by atoms with E-state index in [0.29, 0.717) is 37.2 Å². The van der Waals surface area contributed by atoms with Crippen LogP contribution in [0.2, 0.25) is 0 Å². The highest BCUT2D eigenvalue weighted by Gasteiger charge is 2.40. The van der Waals surface area contributed by atoms with Crippen LogP contribution in [-0.2, 0) is 16.0 Å². The van der Waals surface area contributed by atoms with Gasteiger partial charge in [0.2, 0.25) is 11.8 Å². The van der Waals surface area contributed by atoms with E-state index in [1.807, 2.05) is 41.3 Å². The van der Waals surface area contributed by atoms with E-state index in [2.05, 4.69) is 10.4 Å². The molecule has 2 N–H and O–H groups in total. The van der Waals surface area contributed by atoms with E-state index in [1.165, 1.54) is 9.80 Å². The number of likely N-dealkylation sites (tertiary alicyclic amines) is 1. The molecule has 0 aliphatic carbocycles. The first-order chi connectivity index (χ1) is 17.4. The van der Waals surface area contributed by atoms with Crippen molar-refractivity contribution in [3.8, 4) is 0 Å². The van der Waals surface area contributed by atoms with Crippen LogP contribution in [0.5, 0.6) is 0 Å². The summed E-state index contributed by atoms with van der Waals surface area (Å²) in [5, 5.41) is 17.9. The Morgan fingerprint density at radius 3 is 2.64 bits per heavy atom. The van der Waals surface area contributed by atoms with Gasteiger partial charge < -0.3 is 10.0 Å². The summed E-state index contributed by atoms with van der Waals surface area (Å²) >= 11 is 0. The topological polar surface area (TPSA) is 125 Å². The maximum Gasteiger partial charge on any atom is 0.407 e. The van der Waals surface area contributed by atoms with Crippen molar-refractivity contribution in [2.75, 3.05) is 18.0 Å². The van der Waals surface area contributed by atoms with Crippen molar-refractivity contribution in [3.63, 3.8) is 0 Å². The van der Waals surface area contributed by atoms with Crippen molar-refractivity contribution in [2.45, 2.75) is 44.2 Å². The number of amides is 4. The largest absolute Gasteiger partial charge is 0.465 e. The summed E-state index contributed by atoms with van der Waals surface area (Å²) in [5.74, 6) is -0.970. The van der Waals surface area contributed by atoms with E-state index in [4.69, 9.17) is 5.11 Å². The number of carbonyl (C=O) groups is 4. The van der Waals surface area contributed by atoms with Crippen LogP contribution in [0.25, 0.3) is 10.8 Å². The zero-order valence-electron chi connectivity index (χ0n) is 19.5. The molecule has 4 amide bonds. The molecule has 3 aromatic rings. The van der Waals surface area contributed by atoms with Crippen LogP contribution < -0.4 is 10.2 Å². The number of hydrogen-bond donors (Lipinski definition) is 2. The molecule has 0 spiro atoms. The number of piperidine rings is 2. The van der Waals surface area contributed by atoms with Crippen molar-refractivity contribution < 1.29 is 24.3 Å².